The number of nitrogens with zero attached hydrogens (tertiary/aromatic N) is 2. The number of guanidine groups is 1. The summed E-state index contributed by atoms with van der Waals surface area (Å²) >= 11 is 0. The van der Waals surface area contributed by atoms with Crippen molar-refractivity contribution in [3.05, 3.63) is 35.4 Å². The van der Waals surface area contributed by atoms with Gasteiger partial charge >= 0.3 is 0 Å². The first-order valence-corrected chi connectivity index (χ1v) is 9.22. The third-order valence-electron chi connectivity index (χ3n) is 4.22. The zero-order valence-electron chi connectivity index (χ0n) is 16.0. The zero-order chi connectivity index (χ0) is 17.7. The van der Waals surface area contributed by atoms with Gasteiger partial charge in [0.15, 0.2) is 5.96 Å². The number of halogens is 1. The van der Waals surface area contributed by atoms with E-state index in [9.17, 15) is 0 Å². The van der Waals surface area contributed by atoms with Gasteiger partial charge in [-0.3, -0.25) is 9.89 Å². The van der Waals surface area contributed by atoms with Crippen molar-refractivity contribution in [1.29, 1.82) is 0 Å². The highest BCUT2D eigenvalue weighted by Crippen LogP contribution is 2.10. The molecule has 1 aromatic rings. The van der Waals surface area contributed by atoms with Crippen molar-refractivity contribution in [3.8, 4) is 0 Å². The van der Waals surface area contributed by atoms with Crippen molar-refractivity contribution < 1.29 is 9.47 Å². The number of hydrogen-bond acceptors (Lipinski definition) is 4. The minimum absolute atomic E-state index is 0. The van der Waals surface area contributed by atoms with E-state index < -0.39 is 0 Å². The second kappa shape index (κ2) is 14.2. The molecule has 2 rings (SSSR count). The van der Waals surface area contributed by atoms with Crippen molar-refractivity contribution in [2.24, 2.45) is 4.99 Å². The molecule has 1 fully saturated rings. The van der Waals surface area contributed by atoms with Gasteiger partial charge in [0.1, 0.15) is 0 Å². The fourth-order valence-corrected chi connectivity index (χ4v) is 2.75. The van der Waals surface area contributed by atoms with Gasteiger partial charge in [0.25, 0.3) is 0 Å². The number of nitrogens with one attached hydrogen (secondary N) is 2. The molecule has 2 N–H and O–H groups in total. The first kappa shape index (κ1) is 23.1. The third-order valence-corrected chi connectivity index (χ3v) is 4.22. The molecule has 0 saturated carbocycles. The highest BCUT2D eigenvalue weighted by atomic mass is 127. The molecule has 0 aromatic heterocycles. The Morgan fingerprint density at radius 2 is 1.92 bits per heavy atom. The van der Waals surface area contributed by atoms with Crippen LogP contribution in [0.4, 0.5) is 0 Å². The fourth-order valence-electron chi connectivity index (χ4n) is 2.75. The Morgan fingerprint density at radius 1 is 1.19 bits per heavy atom. The Morgan fingerprint density at radius 3 is 2.62 bits per heavy atom. The highest BCUT2D eigenvalue weighted by Gasteiger charge is 2.10. The lowest BCUT2D eigenvalue weighted by atomic mass is 10.1. The summed E-state index contributed by atoms with van der Waals surface area (Å²) in [5, 5.41) is 6.78. The van der Waals surface area contributed by atoms with Crippen molar-refractivity contribution in [2.45, 2.75) is 26.5 Å². The zero-order valence-corrected chi connectivity index (χ0v) is 18.3. The molecule has 6 nitrogen and oxygen atoms in total. The van der Waals surface area contributed by atoms with Crippen LogP contribution >= 0.6 is 24.0 Å². The molecule has 26 heavy (non-hydrogen) atoms. The molecule has 1 aliphatic rings. The molecular formula is C19H33IN4O2. The van der Waals surface area contributed by atoms with E-state index in [0.29, 0.717) is 6.61 Å². The average Bonchev–Trinajstić information content (AvgIpc) is 2.66. The predicted molar refractivity (Wildman–Crippen MR) is 117 cm³/mol. The molecule has 148 valence electrons. The number of morpholine rings is 1. The molecule has 7 heteroatoms. The number of ether oxygens (including phenoxy) is 2. The number of hydrogen-bond donors (Lipinski definition) is 2. The van der Waals surface area contributed by atoms with Crippen LogP contribution in [0, 0.1) is 0 Å². The van der Waals surface area contributed by atoms with Crippen LogP contribution in [0.15, 0.2) is 29.3 Å². The summed E-state index contributed by atoms with van der Waals surface area (Å²) in [6.45, 7) is 9.90. The first-order chi connectivity index (χ1) is 12.3. The average molecular weight is 476 g/mol. The van der Waals surface area contributed by atoms with Gasteiger partial charge in [-0.05, 0) is 17.5 Å². The fraction of sp³-hybridized carbons (Fsp3) is 0.632. The van der Waals surface area contributed by atoms with Crippen LogP contribution in [0.3, 0.4) is 0 Å². The predicted octanol–water partition coefficient (Wildman–Crippen LogP) is 2.23. The SMILES string of the molecule is CCCOCc1ccccc1CNC(=NC)NCCN1CCOCC1.I. The van der Waals surface area contributed by atoms with Crippen molar-refractivity contribution in [2.75, 3.05) is 53.0 Å². The maximum atomic E-state index is 5.69. The lowest BCUT2D eigenvalue weighted by Gasteiger charge is -2.26. The largest absolute Gasteiger partial charge is 0.379 e. The van der Waals surface area contributed by atoms with Gasteiger partial charge < -0.3 is 20.1 Å². The highest BCUT2D eigenvalue weighted by molar-refractivity contribution is 14.0. The Labute approximate surface area is 174 Å². The molecule has 1 heterocycles. The topological polar surface area (TPSA) is 58.1 Å². The van der Waals surface area contributed by atoms with Crippen LogP contribution in [0.25, 0.3) is 0 Å². The molecule has 0 bridgehead atoms. The van der Waals surface area contributed by atoms with Crippen LogP contribution in [-0.4, -0.2) is 63.9 Å². The molecule has 0 atom stereocenters. The van der Waals surface area contributed by atoms with Crippen molar-refractivity contribution >= 4 is 29.9 Å². The van der Waals surface area contributed by atoms with E-state index in [-0.39, 0.29) is 24.0 Å². The van der Waals surface area contributed by atoms with Gasteiger partial charge in [-0.2, -0.15) is 0 Å². The van der Waals surface area contributed by atoms with Gasteiger partial charge in [-0.25, -0.2) is 0 Å². The molecule has 0 aliphatic carbocycles. The summed E-state index contributed by atoms with van der Waals surface area (Å²) in [7, 11) is 1.81. The molecule has 1 aromatic carbocycles. The minimum Gasteiger partial charge on any atom is -0.379 e. The Bertz CT molecular complexity index is 522. The van der Waals surface area contributed by atoms with Crippen LogP contribution in [-0.2, 0) is 22.6 Å². The van der Waals surface area contributed by atoms with Crippen LogP contribution in [0.2, 0.25) is 0 Å². The van der Waals surface area contributed by atoms with Gasteiger partial charge in [-0.1, -0.05) is 31.2 Å². The summed E-state index contributed by atoms with van der Waals surface area (Å²) in [5.41, 5.74) is 2.47. The maximum absolute atomic E-state index is 5.69. The quantitative estimate of drug-likeness (QED) is 0.248. The summed E-state index contributed by atoms with van der Waals surface area (Å²) < 4.78 is 11.1. The molecule has 0 spiro atoms. The van der Waals surface area contributed by atoms with E-state index in [2.05, 4.69) is 51.7 Å². The summed E-state index contributed by atoms with van der Waals surface area (Å²) in [4.78, 5) is 6.72. The molecular weight excluding hydrogens is 443 g/mol. The van der Waals surface area contributed by atoms with Crippen molar-refractivity contribution in [1.82, 2.24) is 15.5 Å². The van der Waals surface area contributed by atoms with E-state index in [1.807, 2.05) is 0 Å². The van der Waals surface area contributed by atoms with E-state index >= 15 is 0 Å². The van der Waals surface area contributed by atoms with Crippen molar-refractivity contribution in [3.63, 3.8) is 0 Å². The van der Waals surface area contributed by atoms with Gasteiger partial charge in [0.05, 0.1) is 19.8 Å². The lowest BCUT2D eigenvalue weighted by molar-refractivity contribution is 0.0389. The van der Waals surface area contributed by atoms with Gasteiger partial charge in [0.2, 0.25) is 0 Å². The van der Waals surface area contributed by atoms with Crippen LogP contribution < -0.4 is 10.6 Å². The first-order valence-electron chi connectivity index (χ1n) is 9.22. The smallest absolute Gasteiger partial charge is 0.191 e. The maximum Gasteiger partial charge on any atom is 0.191 e. The summed E-state index contributed by atoms with van der Waals surface area (Å²) in [6, 6.07) is 8.39. The Kier molecular flexibility index (Phi) is 12.6. The minimum atomic E-state index is 0. The van der Waals surface area contributed by atoms with E-state index in [0.717, 1.165) is 64.9 Å². The number of rotatable bonds is 9. The van der Waals surface area contributed by atoms with Crippen LogP contribution in [0.1, 0.15) is 24.5 Å². The van der Waals surface area contributed by atoms with Gasteiger partial charge in [0, 0.05) is 46.4 Å². The molecule has 0 unspecified atom stereocenters. The Balaban J connectivity index is 0.00000338. The normalized spacial score (nSPS) is 15.4. The number of aliphatic imine (C=N–C) groups is 1. The molecule has 0 radical (unpaired) electrons. The molecule has 1 aliphatic heterocycles. The second-order valence-electron chi connectivity index (χ2n) is 6.13. The van der Waals surface area contributed by atoms with Gasteiger partial charge in [-0.15, -0.1) is 24.0 Å². The second-order valence-corrected chi connectivity index (χ2v) is 6.13. The monoisotopic (exact) mass is 476 g/mol. The summed E-state index contributed by atoms with van der Waals surface area (Å²) in [6.07, 6.45) is 1.04. The summed E-state index contributed by atoms with van der Waals surface area (Å²) in [5.74, 6) is 0.831. The third kappa shape index (κ3) is 8.66. The molecule has 1 saturated heterocycles. The Hall–Kier alpha value is -0.900. The van der Waals surface area contributed by atoms with Crippen LogP contribution in [0.5, 0.6) is 0 Å². The van der Waals surface area contributed by atoms with E-state index in [1.165, 1.54) is 11.1 Å². The molecule has 0 amide bonds. The standard InChI is InChI=1S/C19H32N4O2.HI/c1-3-12-25-16-18-7-5-4-6-17(18)15-22-19(20-2)21-8-9-23-10-13-24-14-11-23;/h4-7H,3,8-16H2,1-2H3,(H2,20,21,22);1H. The lowest BCUT2D eigenvalue weighted by Crippen LogP contribution is -2.44. The number of benzene rings is 1. The van der Waals surface area contributed by atoms with E-state index in [1.54, 1.807) is 7.05 Å². The van der Waals surface area contributed by atoms with E-state index in [4.69, 9.17) is 9.47 Å².